The minimum absolute atomic E-state index is 0.00540. The maximum atomic E-state index is 11.9. The van der Waals surface area contributed by atoms with Crippen molar-refractivity contribution in [1.29, 1.82) is 0 Å². The van der Waals surface area contributed by atoms with E-state index in [1.165, 1.54) is 0 Å². The van der Waals surface area contributed by atoms with Crippen molar-refractivity contribution in [3.05, 3.63) is 35.9 Å². The van der Waals surface area contributed by atoms with E-state index in [1.54, 1.807) is 24.3 Å². The molecule has 120 valence electrons. The maximum Gasteiger partial charge on any atom is 0.326 e. The third-order valence-corrected chi connectivity index (χ3v) is 3.38. The van der Waals surface area contributed by atoms with Gasteiger partial charge in [0.2, 0.25) is 5.91 Å². The molecule has 1 unspecified atom stereocenters. The van der Waals surface area contributed by atoms with E-state index in [4.69, 9.17) is 5.11 Å². The van der Waals surface area contributed by atoms with Gasteiger partial charge in [-0.05, 0) is 12.8 Å². The Morgan fingerprint density at radius 1 is 1.09 bits per heavy atom. The number of carbonyl (C=O) groups is 3. The molecule has 0 saturated heterocycles. The molecule has 0 saturated carbocycles. The van der Waals surface area contributed by atoms with Crippen LogP contribution in [0.25, 0.3) is 0 Å². The average Bonchev–Trinajstić information content (AvgIpc) is 2.51. The lowest BCUT2D eigenvalue weighted by molar-refractivity contribution is -0.142. The van der Waals surface area contributed by atoms with Crippen LogP contribution in [0.5, 0.6) is 0 Å². The van der Waals surface area contributed by atoms with Gasteiger partial charge in [-0.1, -0.05) is 50.1 Å². The van der Waals surface area contributed by atoms with Gasteiger partial charge in [0.15, 0.2) is 5.78 Å². The summed E-state index contributed by atoms with van der Waals surface area (Å²) >= 11 is 0. The summed E-state index contributed by atoms with van der Waals surface area (Å²) in [6, 6.07) is 8.08. The van der Waals surface area contributed by atoms with Crippen molar-refractivity contribution < 1.29 is 19.5 Å². The van der Waals surface area contributed by atoms with E-state index in [2.05, 4.69) is 5.32 Å². The van der Waals surface area contributed by atoms with Crippen LogP contribution in [-0.2, 0) is 9.59 Å². The first-order valence-electron chi connectivity index (χ1n) is 7.65. The van der Waals surface area contributed by atoms with E-state index in [9.17, 15) is 14.4 Å². The Balaban J connectivity index is 2.33. The van der Waals surface area contributed by atoms with Gasteiger partial charge in [0, 0.05) is 18.4 Å². The Kier molecular flexibility index (Phi) is 7.89. The van der Waals surface area contributed by atoms with E-state index < -0.39 is 12.0 Å². The van der Waals surface area contributed by atoms with Crippen molar-refractivity contribution in [2.24, 2.45) is 0 Å². The average molecular weight is 305 g/mol. The fourth-order valence-corrected chi connectivity index (χ4v) is 2.11. The molecule has 0 aliphatic carbocycles. The van der Waals surface area contributed by atoms with Gasteiger partial charge in [-0.25, -0.2) is 4.79 Å². The summed E-state index contributed by atoms with van der Waals surface area (Å²) < 4.78 is 0. The SMILES string of the molecule is CCCCC(NC(=O)CCCC(=O)c1ccccc1)C(=O)O. The van der Waals surface area contributed by atoms with Gasteiger partial charge in [-0.3, -0.25) is 9.59 Å². The number of aliphatic carboxylic acids is 1. The number of ketones is 1. The highest BCUT2D eigenvalue weighted by molar-refractivity contribution is 5.96. The van der Waals surface area contributed by atoms with Crippen molar-refractivity contribution >= 4 is 17.7 Å². The molecule has 0 heterocycles. The van der Waals surface area contributed by atoms with Crippen LogP contribution in [0.1, 0.15) is 55.8 Å². The van der Waals surface area contributed by atoms with Crippen LogP contribution >= 0.6 is 0 Å². The molecule has 1 aromatic rings. The normalized spacial score (nSPS) is 11.7. The molecule has 1 aromatic carbocycles. The second-order valence-electron chi connectivity index (χ2n) is 5.24. The Morgan fingerprint density at radius 2 is 1.77 bits per heavy atom. The molecule has 0 radical (unpaired) electrons. The molecule has 1 atom stereocenters. The zero-order valence-electron chi connectivity index (χ0n) is 12.9. The summed E-state index contributed by atoms with van der Waals surface area (Å²) in [6.07, 6.45) is 2.92. The van der Waals surface area contributed by atoms with Crippen LogP contribution in [0.15, 0.2) is 30.3 Å². The lowest BCUT2D eigenvalue weighted by Crippen LogP contribution is -2.40. The minimum Gasteiger partial charge on any atom is -0.480 e. The number of carboxylic acid groups (broad SMARTS) is 1. The monoisotopic (exact) mass is 305 g/mol. The van der Waals surface area contributed by atoms with Crippen molar-refractivity contribution in [2.75, 3.05) is 0 Å². The largest absolute Gasteiger partial charge is 0.480 e. The van der Waals surface area contributed by atoms with E-state index in [-0.39, 0.29) is 24.5 Å². The third-order valence-electron chi connectivity index (χ3n) is 3.38. The van der Waals surface area contributed by atoms with E-state index in [0.717, 1.165) is 12.8 Å². The second-order valence-corrected chi connectivity index (χ2v) is 5.24. The molecule has 5 nitrogen and oxygen atoms in total. The van der Waals surface area contributed by atoms with Crippen LogP contribution in [-0.4, -0.2) is 28.8 Å². The molecule has 0 aromatic heterocycles. The Bertz CT molecular complexity index is 499. The second kappa shape index (κ2) is 9.71. The van der Waals surface area contributed by atoms with Gasteiger partial charge in [0.1, 0.15) is 6.04 Å². The topological polar surface area (TPSA) is 83.5 Å². The van der Waals surface area contributed by atoms with E-state index in [0.29, 0.717) is 18.4 Å². The van der Waals surface area contributed by atoms with E-state index in [1.807, 2.05) is 13.0 Å². The zero-order chi connectivity index (χ0) is 16.4. The molecule has 1 rings (SSSR count). The summed E-state index contributed by atoms with van der Waals surface area (Å²) in [7, 11) is 0. The quantitative estimate of drug-likeness (QED) is 0.651. The number of amides is 1. The number of unbranched alkanes of at least 4 members (excludes halogenated alkanes) is 1. The number of carboxylic acids is 1. The number of rotatable bonds is 10. The Labute approximate surface area is 130 Å². The van der Waals surface area contributed by atoms with Gasteiger partial charge in [-0.2, -0.15) is 0 Å². The first kappa shape index (κ1) is 17.9. The third kappa shape index (κ3) is 6.52. The van der Waals surface area contributed by atoms with E-state index >= 15 is 0 Å². The van der Waals surface area contributed by atoms with Gasteiger partial charge < -0.3 is 10.4 Å². The number of nitrogens with one attached hydrogen (secondary N) is 1. The molecule has 22 heavy (non-hydrogen) atoms. The number of hydrogen-bond acceptors (Lipinski definition) is 3. The zero-order valence-corrected chi connectivity index (χ0v) is 12.9. The highest BCUT2D eigenvalue weighted by Gasteiger charge is 2.19. The van der Waals surface area contributed by atoms with Crippen molar-refractivity contribution in [1.82, 2.24) is 5.32 Å². The summed E-state index contributed by atoms with van der Waals surface area (Å²) in [4.78, 5) is 34.7. The fraction of sp³-hybridized carbons (Fsp3) is 0.471. The highest BCUT2D eigenvalue weighted by Crippen LogP contribution is 2.07. The number of Topliss-reactive ketones (excluding diaryl/α,β-unsaturated/α-hetero) is 1. The van der Waals surface area contributed by atoms with Gasteiger partial charge >= 0.3 is 5.97 Å². The first-order valence-corrected chi connectivity index (χ1v) is 7.65. The summed E-state index contributed by atoms with van der Waals surface area (Å²) in [5.74, 6) is -1.33. The van der Waals surface area contributed by atoms with Crippen LogP contribution in [0.4, 0.5) is 0 Å². The first-order chi connectivity index (χ1) is 10.5. The number of carbonyl (C=O) groups excluding carboxylic acids is 2. The number of hydrogen-bond donors (Lipinski definition) is 2. The van der Waals surface area contributed by atoms with Crippen LogP contribution < -0.4 is 5.32 Å². The molecule has 0 spiro atoms. The Morgan fingerprint density at radius 3 is 2.36 bits per heavy atom. The van der Waals surface area contributed by atoms with Gasteiger partial charge in [0.05, 0.1) is 0 Å². The smallest absolute Gasteiger partial charge is 0.326 e. The molecule has 0 fully saturated rings. The molecule has 5 heteroatoms. The number of benzene rings is 1. The predicted molar refractivity (Wildman–Crippen MR) is 83.7 cm³/mol. The van der Waals surface area contributed by atoms with Gasteiger partial charge in [-0.15, -0.1) is 0 Å². The fourth-order valence-electron chi connectivity index (χ4n) is 2.11. The molecule has 0 aliphatic rings. The lowest BCUT2D eigenvalue weighted by atomic mass is 10.1. The molecule has 0 aliphatic heterocycles. The van der Waals surface area contributed by atoms with Crippen LogP contribution in [0.2, 0.25) is 0 Å². The molecular weight excluding hydrogens is 282 g/mol. The summed E-state index contributed by atoms with van der Waals surface area (Å²) in [6.45, 7) is 1.97. The molecule has 2 N–H and O–H groups in total. The predicted octanol–water partition coefficient (Wildman–Crippen LogP) is 2.80. The van der Waals surface area contributed by atoms with Gasteiger partial charge in [0.25, 0.3) is 0 Å². The van der Waals surface area contributed by atoms with Crippen LogP contribution in [0, 0.1) is 0 Å². The lowest BCUT2D eigenvalue weighted by Gasteiger charge is -2.13. The van der Waals surface area contributed by atoms with Crippen molar-refractivity contribution in [2.45, 2.75) is 51.5 Å². The van der Waals surface area contributed by atoms with Crippen molar-refractivity contribution in [3.8, 4) is 0 Å². The van der Waals surface area contributed by atoms with Crippen molar-refractivity contribution in [3.63, 3.8) is 0 Å². The molecule has 1 amide bonds. The maximum absolute atomic E-state index is 11.9. The molecule has 0 bridgehead atoms. The minimum atomic E-state index is -1.01. The Hall–Kier alpha value is -2.17. The van der Waals surface area contributed by atoms with Crippen LogP contribution in [0.3, 0.4) is 0 Å². The highest BCUT2D eigenvalue weighted by atomic mass is 16.4. The summed E-state index contributed by atoms with van der Waals surface area (Å²) in [5, 5.41) is 11.6. The summed E-state index contributed by atoms with van der Waals surface area (Å²) in [5.41, 5.74) is 0.634. The molecular formula is C17H23NO4. The standard InChI is InChI=1S/C17H23NO4/c1-2-3-10-14(17(21)22)18-16(20)12-7-11-15(19)13-8-5-4-6-9-13/h4-6,8-9,14H,2-3,7,10-12H2,1H3,(H,18,20)(H,21,22).